The normalized spacial score (nSPS) is 24.9. The molecule has 1 aliphatic rings. The summed E-state index contributed by atoms with van der Waals surface area (Å²) >= 11 is 0. The molecule has 0 unspecified atom stereocenters. The Morgan fingerprint density at radius 3 is 1.90 bits per heavy atom. The van der Waals surface area contributed by atoms with E-state index in [0.717, 1.165) is 39.5 Å². The maximum atomic E-state index is 5.26. The molecule has 0 radical (unpaired) electrons. The van der Waals surface area contributed by atoms with Crippen LogP contribution in [0.2, 0.25) is 0 Å². The van der Waals surface area contributed by atoms with Crippen molar-refractivity contribution in [3.05, 3.63) is 0 Å². The van der Waals surface area contributed by atoms with E-state index in [4.69, 9.17) is 9.47 Å². The maximum Gasteiger partial charge on any atom is 0.0701 e. The van der Waals surface area contributed by atoms with Crippen molar-refractivity contribution in [2.75, 3.05) is 46.6 Å². The zero-order chi connectivity index (χ0) is 7.23. The summed E-state index contributed by atoms with van der Waals surface area (Å²) in [5.74, 6) is 0. The van der Waals surface area contributed by atoms with Crippen LogP contribution < -0.4 is 0 Å². The lowest BCUT2D eigenvalue weighted by Crippen LogP contribution is -2.25. The third-order valence-electron chi connectivity index (χ3n) is 1.61. The number of hydrogen-bond donors (Lipinski definition) is 0. The highest BCUT2D eigenvalue weighted by Gasteiger charge is 2.00. The van der Waals surface area contributed by atoms with Crippen LogP contribution in [0.25, 0.3) is 0 Å². The van der Waals surface area contributed by atoms with Crippen LogP contribution >= 0.6 is 0 Å². The second-order valence-corrected chi connectivity index (χ2v) is 2.53. The van der Waals surface area contributed by atoms with Crippen molar-refractivity contribution < 1.29 is 9.47 Å². The second kappa shape index (κ2) is 4.66. The predicted octanol–water partition coefficient (Wildman–Crippen LogP) is -0.0350. The second-order valence-electron chi connectivity index (χ2n) is 2.53. The molecule has 0 amide bonds. The van der Waals surface area contributed by atoms with Crippen molar-refractivity contribution in [2.45, 2.75) is 0 Å². The summed E-state index contributed by atoms with van der Waals surface area (Å²) in [5.41, 5.74) is 0. The quantitative estimate of drug-likeness (QED) is 0.477. The minimum Gasteiger partial charge on any atom is -0.378 e. The Hall–Kier alpha value is -0.120. The molecule has 60 valence electrons. The Labute approximate surface area is 61.9 Å². The van der Waals surface area contributed by atoms with E-state index in [1.807, 2.05) is 0 Å². The van der Waals surface area contributed by atoms with Gasteiger partial charge in [0.15, 0.2) is 0 Å². The first-order valence-electron chi connectivity index (χ1n) is 3.73. The van der Waals surface area contributed by atoms with Crippen LogP contribution in [-0.4, -0.2) is 51.5 Å². The fourth-order valence-corrected chi connectivity index (χ4v) is 0.875. The van der Waals surface area contributed by atoms with Gasteiger partial charge in [0, 0.05) is 13.1 Å². The molecule has 0 aromatic rings. The van der Waals surface area contributed by atoms with E-state index in [1.165, 1.54) is 0 Å². The minimum atomic E-state index is 0.744. The molecule has 0 aromatic heterocycles. The van der Waals surface area contributed by atoms with E-state index in [-0.39, 0.29) is 0 Å². The Balaban J connectivity index is 2.15. The van der Waals surface area contributed by atoms with Gasteiger partial charge in [-0.2, -0.15) is 0 Å². The van der Waals surface area contributed by atoms with E-state index in [0.29, 0.717) is 0 Å². The summed E-state index contributed by atoms with van der Waals surface area (Å²) in [4.78, 5) is 2.21. The Kier molecular flexibility index (Phi) is 3.72. The molecular weight excluding hydrogens is 130 g/mol. The molecule has 3 nitrogen and oxygen atoms in total. The van der Waals surface area contributed by atoms with Crippen molar-refractivity contribution in [3.63, 3.8) is 0 Å². The van der Waals surface area contributed by atoms with E-state index in [1.54, 1.807) is 0 Å². The van der Waals surface area contributed by atoms with Gasteiger partial charge < -0.3 is 14.4 Å². The van der Waals surface area contributed by atoms with Crippen LogP contribution in [0.15, 0.2) is 0 Å². The first-order valence-corrected chi connectivity index (χ1v) is 3.73. The topological polar surface area (TPSA) is 21.7 Å². The lowest BCUT2D eigenvalue weighted by atomic mass is 10.5. The summed E-state index contributed by atoms with van der Waals surface area (Å²) in [6.45, 7) is 5.19. The van der Waals surface area contributed by atoms with Crippen LogP contribution in [0.3, 0.4) is 0 Å². The van der Waals surface area contributed by atoms with E-state index in [9.17, 15) is 0 Å². The van der Waals surface area contributed by atoms with Crippen molar-refractivity contribution in [2.24, 2.45) is 0 Å². The highest BCUT2D eigenvalue weighted by Crippen LogP contribution is 1.88. The van der Waals surface area contributed by atoms with Gasteiger partial charge in [-0.05, 0) is 7.05 Å². The lowest BCUT2D eigenvalue weighted by molar-refractivity contribution is 0.0629. The van der Waals surface area contributed by atoms with E-state index < -0.39 is 0 Å². The van der Waals surface area contributed by atoms with Crippen molar-refractivity contribution in [1.82, 2.24) is 4.90 Å². The molecule has 0 spiro atoms. The van der Waals surface area contributed by atoms with Crippen LogP contribution in [0, 0.1) is 0 Å². The largest absolute Gasteiger partial charge is 0.378 e. The summed E-state index contributed by atoms with van der Waals surface area (Å²) in [5, 5.41) is 0. The van der Waals surface area contributed by atoms with Gasteiger partial charge in [0.05, 0.1) is 26.4 Å². The number of hydrogen-bond acceptors (Lipinski definition) is 3. The van der Waals surface area contributed by atoms with Crippen molar-refractivity contribution >= 4 is 0 Å². The minimum absolute atomic E-state index is 0.744. The average molecular weight is 145 g/mol. The molecule has 0 saturated carbocycles. The highest BCUT2D eigenvalue weighted by atomic mass is 16.5. The monoisotopic (exact) mass is 145 g/mol. The molecule has 0 N–H and O–H groups in total. The van der Waals surface area contributed by atoms with Gasteiger partial charge >= 0.3 is 0 Å². The summed E-state index contributed by atoms with van der Waals surface area (Å²) in [6, 6.07) is 0. The maximum absolute atomic E-state index is 5.26. The molecule has 0 atom stereocenters. The summed E-state index contributed by atoms with van der Waals surface area (Å²) in [6.07, 6.45) is 0. The van der Waals surface area contributed by atoms with E-state index >= 15 is 0 Å². The third-order valence-corrected chi connectivity index (χ3v) is 1.61. The first kappa shape index (κ1) is 7.98. The van der Waals surface area contributed by atoms with Gasteiger partial charge in [-0.3, -0.25) is 0 Å². The number of likely N-dealkylation sites (N-methyl/N-ethyl adjacent to an activating group) is 1. The zero-order valence-electron chi connectivity index (χ0n) is 6.51. The van der Waals surface area contributed by atoms with Crippen molar-refractivity contribution in [3.8, 4) is 0 Å². The van der Waals surface area contributed by atoms with Gasteiger partial charge in [-0.15, -0.1) is 0 Å². The third kappa shape index (κ3) is 3.15. The molecule has 0 aromatic carbocycles. The molecule has 1 rings (SSSR count). The van der Waals surface area contributed by atoms with Crippen LogP contribution in [0.5, 0.6) is 0 Å². The molecule has 1 saturated heterocycles. The summed E-state index contributed by atoms with van der Waals surface area (Å²) in [7, 11) is 2.08. The zero-order valence-corrected chi connectivity index (χ0v) is 6.51. The molecule has 0 aliphatic carbocycles. The van der Waals surface area contributed by atoms with Gasteiger partial charge in [-0.1, -0.05) is 0 Å². The van der Waals surface area contributed by atoms with Gasteiger partial charge in [0.25, 0.3) is 0 Å². The summed E-state index contributed by atoms with van der Waals surface area (Å²) < 4.78 is 10.5. The molecule has 1 heterocycles. The molecule has 1 fully saturated rings. The van der Waals surface area contributed by atoms with Gasteiger partial charge in [-0.25, -0.2) is 0 Å². The fraction of sp³-hybridized carbons (Fsp3) is 1.00. The Morgan fingerprint density at radius 2 is 1.40 bits per heavy atom. The molecule has 0 bridgehead atoms. The van der Waals surface area contributed by atoms with Crippen LogP contribution in [0.1, 0.15) is 0 Å². The predicted molar refractivity (Wildman–Crippen MR) is 39.1 cm³/mol. The Morgan fingerprint density at radius 1 is 0.900 bits per heavy atom. The highest BCUT2D eigenvalue weighted by molar-refractivity contribution is 4.51. The molecule has 3 heteroatoms. The van der Waals surface area contributed by atoms with Gasteiger partial charge in [0.1, 0.15) is 0 Å². The number of rotatable bonds is 0. The molecular formula is C7H15NO2. The number of nitrogens with zero attached hydrogens (tertiary/aromatic N) is 1. The van der Waals surface area contributed by atoms with Gasteiger partial charge in [0.2, 0.25) is 0 Å². The standard InChI is InChI=1S/C7H15NO2/c1-8-2-4-9-6-7-10-5-3-8/h2-7H2,1H3. The van der Waals surface area contributed by atoms with Crippen molar-refractivity contribution in [1.29, 1.82) is 0 Å². The van der Waals surface area contributed by atoms with Crippen LogP contribution in [-0.2, 0) is 9.47 Å². The van der Waals surface area contributed by atoms with E-state index in [2.05, 4.69) is 11.9 Å². The molecule has 1 aliphatic heterocycles. The molecule has 10 heavy (non-hydrogen) atoms. The fourth-order valence-electron chi connectivity index (χ4n) is 0.875. The number of ether oxygens (including phenoxy) is 2. The smallest absolute Gasteiger partial charge is 0.0701 e. The SMILES string of the molecule is CN1CCOCCOCC1. The first-order chi connectivity index (χ1) is 4.89. The van der Waals surface area contributed by atoms with Crippen LogP contribution in [0.4, 0.5) is 0 Å². The average Bonchev–Trinajstić information content (AvgIpc) is 2.02. The Bertz CT molecular complexity index is 77.7. The lowest BCUT2D eigenvalue weighted by Gasteiger charge is -2.13.